The molecule has 0 N–H and O–H groups in total. The zero-order valence-electron chi connectivity index (χ0n) is 11.0. The molecule has 0 amide bonds. The van der Waals surface area contributed by atoms with Crippen molar-refractivity contribution in [3.8, 4) is 6.07 Å². The Hall–Kier alpha value is -0.980. The highest BCUT2D eigenvalue weighted by Crippen LogP contribution is 2.70. The lowest BCUT2D eigenvalue weighted by Crippen LogP contribution is -1.94. The van der Waals surface area contributed by atoms with Crippen LogP contribution in [0.1, 0.15) is 28.5 Å². The molecule has 1 fully saturated rings. The van der Waals surface area contributed by atoms with E-state index >= 15 is 0 Å². The molecule has 2 atom stereocenters. The molecule has 0 heterocycles. The number of rotatable bonds is 2. The predicted molar refractivity (Wildman–Crippen MR) is 87.5 cm³/mol. The molecule has 0 aromatic heterocycles. The Morgan fingerprint density at radius 3 is 2.18 bits per heavy atom. The van der Waals surface area contributed by atoms with Gasteiger partial charge in [0.05, 0.1) is 11.6 Å². The van der Waals surface area contributed by atoms with Gasteiger partial charge in [-0.05, 0) is 41.5 Å². The summed E-state index contributed by atoms with van der Waals surface area (Å²) in [4.78, 5) is 0. The molecule has 1 aliphatic rings. The van der Waals surface area contributed by atoms with E-state index < -0.39 is 16.1 Å². The summed E-state index contributed by atoms with van der Waals surface area (Å²) >= 11 is 24.7. The van der Waals surface area contributed by atoms with Crippen LogP contribution in [0.5, 0.6) is 0 Å². The Kier molecular flexibility index (Phi) is 4.03. The van der Waals surface area contributed by atoms with Crippen LogP contribution in [0.2, 0.25) is 10.0 Å². The molecule has 0 spiro atoms. The number of hydrogen-bond donors (Lipinski definition) is 0. The van der Waals surface area contributed by atoms with Gasteiger partial charge in [0.1, 0.15) is 10.2 Å². The first-order chi connectivity index (χ1) is 10.3. The van der Waals surface area contributed by atoms with Gasteiger partial charge >= 0.3 is 0 Å². The van der Waals surface area contributed by atoms with E-state index in [1.807, 2.05) is 6.07 Å². The van der Waals surface area contributed by atoms with Crippen LogP contribution >= 0.6 is 46.4 Å². The highest BCUT2D eigenvalue weighted by Gasteiger charge is 2.65. The molecule has 3 rings (SSSR count). The fraction of sp³-hybridized carbons (Fsp3) is 0.188. The van der Waals surface area contributed by atoms with E-state index in [0.717, 1.165) is 5.56 Å². The second-order valence-electron chi connectivity index (χ2n) is 5.18. The maximum atomic E-state index is 14.2. The number of alkyl halides is 2. The zero-order valence-corrected chi connectivity index (χ0v) is 14.0. The fourth-order valence-corrected chi connectivity index (χ4v) is 4.14. The minimum absolute atomic E-state index is 0.249. The molecule has 2 aromatic carbocycles. The third-order valence-electron chi connectivity index (χ3n) is 3.76. The molecule has 2 aromatic rings. The lowest BCUT2D eigenvalue weighted by Gasteiger charge is -2.04. The fourth-order valence-electron chi connectivity index (χ4n) is 2.73. The summed E-state index contributed by atoms with van der Waals surface area (Å²) < 4.78 is 13.1. The van der Waals surface area contributed by atoms with Crippen molar-refractivity contribution in [3.05, 3.63) is 69.0 Å². The monoisotopic (exact) mass is 373 g/mol. The van der Waals surface area contributed by atoms with Gasteiger partial charge in [-0.2, -0.15) is 5.26 Å². The van der Waals surface area contributed by atoms with Gasteiger partial charge in [-0.3, -0.25) is 0 Å². The molecule has 1 nitrogen and oxygen atoms in total. The van der Waals surface area contributed by atoms with Gasteiger partial charge in [0, 0.05) is 21.9 Å². The van der Waals surface area contributed by atoms with Crippen LogP contribution in [0.3, 0.4) is 0 Å². The Morgan fingerprint density at radius 2 is 1.64 bits per heavy atom. The number of halogens is 5. The van der Waals surface area contributed by atoms with E-state index in [0.29, 0.717) is 15.6 Å². The quantitative estimate of drug-likeness (QED) is 0.586. The van der Waals surface area contributed by atoms with E-state index in [1.54, 1.807) is 30.3 Å². The molecular weight excluding hydrogens is 367 g/mol. The first kappa shape index (κ1) is 15.9. The molecule has 0 radical (unpaired) electrons. The van der Waals surface area contributed by atoms with Gasteiger partial charge in [0.15, 0.2) is 0 Å². The van der Waals surface area contributed by atoms with E-state index in [2.05, 4.69) is 0 Å². The van der Waals surface area contributed by atoms with Gasteiger partial charge in [0.25, 0.3) is 0 Å². The van der Waals surface area contributed by atoms with Crippen LogP contribution in [0.15, 0.2) is 36.4 Å². The summed E-state index contributed by atoms with van der Waals surface area (Å²) in [6.45, 7) is 0. The van der Waals surface area contributed by atoms with Crippen LogP contribution in [0, 0.1) is 17.1 Å². The maximum absolute atomic E-state index is 14.2. The smallest absolute Gasteiger partial charge is 0.133 e. The van der Waals surface area contributed by atoms with Crippen molar-refractivity contribution in [3.63, 3.8) is 0 Å². The first-order valence-corrected chi connectivity index (χ1v) is 7.89. The van der Waals surface area contributed by atoms with Crippen LogP contribution in [-0.2, 0) is 0 Å². The summed E-state index contributed by atoms with van der Waals surface area (Å²) in [7, 11) is 0. The first-order valence-electron chi connectivity index (χ1n) is 6.38. The highest BCUT2D eigenvalue weighted by atomic mass is 35.5. The van der Waals surface area contributed by atoms with E-state index in [4.69, 9.17) is 51.7 Å². The molecule has 6 heteroatoms. The third-order valence-corrected chi connectivity index (χ3v) is 5.14. The lowest BCUT2D eigenvalue weighted by molar-refractivity contribution is 0.608. The van der Waals surface area contributed by atoms with Crippen molar-refractivity contribution in [1.29, 1.82) is 5.26 Å². The van der Waals surface area contributed by atoms with E-state index in [-0.39, 0.29) is 11.5 Å². The number of hydrogen-bond acceptors (Lipinski definition) is 1. The minimum atomic E-state index is -1.14. The highest BCUT2D eigenvalue weighted by molar-refractivity contribution is 6.52. The molecule has 0 bridgehead atoms. The van der Waals surface area contributed by atoms with Gasteiger partial charge < -0.3 is 0 Å². The zero-order chi connectivity index (χ0) is 16.1. The Balaban J connectivity index is 2.01. The van der Waals surface area contributed by atoms with Crippen molar-refractivity contribution < 1.29 is 4.39 Å². The molecule has 0 aliphatic heterocycles. The molecule has 22 heavy (non-hydrogen) atoms. The second kappa shape index (κ2) is 5.58. The molecule has 112 valence electrons. The van der Waals surface area contributed by atoms with Crippen LogP contribution in [0.25, 0.3) is 0 Å². The summed E-state index contributed by atoms with van der Waals surface area (Å²) in [6.07, 6.45) is 0. The largest absolute Gasteiger partial charge is 0.207 e. The normalized spacial score (nSPS) is 22.2. The van der Waals surface area contributed by atoms with Crippen LogP contribution in [-0.4, -0.2) is 4.33 Å². The summed E-state index contributed by atoms with van der Waals surface area (Å²) in [6, 6.07) is 11.2. The number of benzene rings is 2. The topological polar surface area (TPSA) is 23.8 Å². The van der Waals surface area contributed by atoms with Crippen LogP contribution in [0.4, 0.5) is 4.39 Å². The van der Waals surface area contributed by atoms with Crippen molar-refractivity contribution in [2.24, 2.45) is 0 Å². The lowest BCUT2D eigenvalue weighted by atomic mass is 10.0. The Labute approximate surface area is 147 Å². The number of nitrogens with zero attached hydrogens (tertiary/aromatic N) is 1. The van der Waals surface area contributed by atoms with E-state index in [1.165, 1.54) is 6.07 Å². The molecule has 1 aliphatic carbocycles. The SMILES string of the molecule is N#Cc1ccc(C2C(c3cc(Cl)cc(Cl)c3)C2(Cl)Cl)c(F)c1. The summed E-state index contributed by atoms with van der Waals surface area (Å²) in [5.74, 6) is -1.22. The molecule has 0 saturated heterocycles. The standard InChI is InChI=1S/C16H8Cl4FN/c17-10-4-9(5-11(18)6-10)14-15(16(14,19)20)12-2-1-8(7-22)3-13(12)21/h1-6,14-15H. The van der Waals surface area contributed by atoms with Crippen molar-refractivity contribution in [2.45, 2.75) is 16.2 Å². The van der Waals surface area contributed by atoms with E-state index in [9.17, 15) is 4.39 Å². The van der Waals surface area contributed by atoms with Gasteiger partial charge in [0.2, 0.25) is 0 Å². The average molecular weight is 375 g/mol. The van der Waals surface area contributed by atoms with Crippen LogP contribution < -0.4 is 0 Å². The van der Waals surface area contributed by atoms with Gasteiger partial charge in [-0.25, -0.2) is 4.39 Å². The van der Waals surface area contributed by atoms with Crippen molar-refractivity contribution in [2.75, 3.05) is 0 Å². The van der Waals surface area contributed by atoms with Gasteiger partial charge in [-0.1, -0.05) is 29.3 Å². The number of nitriles is 1. The van der Waals surface area contributed by atoms with Crippen molar-refractivity contribution >= 4 is 46.4 Å². The molecular formula is C16H8Cl4FN. The summed E-state index contributed by atoms with van der Waals surface area (Å²) in [5, 5.41) is 9.74. The van der Waals surface area contributed by atoms with Crippen molar-refractivity contribution in [1.82, 2.24) is 0 Å². The summed E-state index contributed by atoms with van der Waals surface area (Å²) in [5.41, 5.74) is 1.39. The maximum Gasteiger partial charge on any atom is 0.133 e. The van der Waals surface area contributed by atoms with Gasteiger partial charge in [-0.15, -0.1) is 23.2 Å². The predicted octanol–water partition coefficient (Wildman–Crippen LogP) is 6.06. The Morgan fingerprint density at radius 1 is 1.00 bits per heavy atom. The Bertz CT molecular complexity index is 777. The average Bonchev–Trinajstić information content (AvgIpc) is 3.00. The second-order valence-corrected chi connectivity index (χ2v) is 7.50. The minimum Gasteiger partial charge on any atom is -0.207 e. The molecule has 2 unspecified atom stereocenters. The molecule has 1 saturated carbocycles. The third kappa shape index (κ3) is 2.68.